The van der Waals surface area contributed by atoms with E-state index in [1.54, 1.807) is 0 Å². The van der Waals surface area contributed by atoms with E-state index in [1.807, 2.05) is 0 Å². The smallest absolute Gasteiger partial charge is 0.319 e. The van der Waals surface area contributed by atoms with Crippen LogP contribution in [0.1, 0.15) is 18.1 Å². The number of imide groups is 1. The molecule has 1 atom stereocenters. The first-order valence-electron chi connectivity index (χ1n) is 7.16. The Morgan fingerprint density at radius 3 is 2.38 bits per heavy atom. The molecular weight excluding hydrogens is 321 g/mol. The van der Waals surface area contributed by atoms with Crippen LogP contribution in [0.15, 0.2) is 42.5 Å². The third-order valence-electron chi connectivity index (χ3n) is 4.06. The standard InChI is InChI=1S/C17H13F3N2O2/c1-17(11-5-7-12(18)8-6-11)15(23)22(16(24)21-17)9-10-3-2-4-13(19)14(10)20/h2-8H,9H2,1H3,(H,21,24). The van der Waals surface area contributed by atoms with E-state index in [1.165, 1.54) is 43.3 Å². The number of halogens is 3. The van der Waals surface area contributed by atoms with Crippen molar-refractivity contribution in [2.45, 2.75) is 19.0 Å². The van der Waals surface area contributed by atoms with E-state index in [0.29, 0.717) is 5.56 Å². The third-order valence-corrected chi connectivity index (χ3v) is 4.06. The van der Waals surface area contributed by atoms with Crippen LogP contribution in [0.2, 0.25) is 0 Å². The quantitative estimate of drug-likeness (QED) is 0.877. The molecule has 1 fully saturated rings. The Balaban J connectivity index is 1.91. The molecule has 124 valence electrons. The van der Waals surface area contributed by atoms with Gasteiger partial charge in [-0.2, -0.15) is 0 Å². The van der Waals surface area contributed by atoms with E-state index in [2.05, 4.69) is 5.32 Å². The topological polar surface area (TPSA) is 49.4 Å². The summed E-state index contributed by atoms with van der Waals surface area (Å²) < 4.78 is 40.1. The van der Waals surface area contributed by atoms with Gasteiger partial charge in [-0.1, -0.05) is 24.3 Å². The van der Waals surface area contributed by atoms with Crippen LogP contribution in [0.4, 0.5) is 18.0 Å². The molecule has 3 rings (SSSR count). The number of benzene rings is 2. The number of hydrogen-bond donors (Lipinski definition) is 1. The number of nitrogens with one attached hydrogen (secondary N) is 1. The molecule has 1 N–H and O–H groups in total. The second-order valence-corrected chi connectivity index (χ2v) is 5.67. The number of carbonyl (C=O) groups excluding carboxylic acids is 2. The number of rotatable bonds is 3. The monoisotopic (exact) mass is 334 g/mol. The summed E-state index contributed by atoms with van der Waals surface area (Å²) in [7, 11) is 0. The molecule has 0 aromatic heterocycles. The minimum Gasteiger partial charge on any atom is -0.319 e. The van der Waals surface area contributed by atoms with Crippen molar-refractivity contribution in [2.75, 3.05) is 0 Å². The highest BCUT2D eigenvalue weighted by Crippen LogP contribution is 2.30. The van der Waals surface area contributed by atoms with Crippen LogP contribution in [0.25, 0.3) is 0 Å². The summed E-state index contributed by atoms with van der Waals surface area (Å²) in [5, 5.41) is 2.52. The van der Waals surface area contributed by atoms with E-state index in [9.17, 15) is 22.8 Å². The maximum Gasteiger partial charge on any atom is 0.325 e. The highest BCUT2D eigenvalue weighted by atomic mass is 19.2. The first kappa shape index (κ1) is 16.0. The molecule has 1 aliphatic heterocycles. The molecule has 1 unspecified atom stereocenters. The number of amides is 3. The third kappa shape index (κ3) is 2.51. The Morgan fingerprint density at radius 2 is 1.71 bits per heavy atom. The lowest BCUT2D eigenvalue weighted by Gasteiger charge is -2.22. The second-order valence-electron chi connectivity index (χ2n) is 5.67. The maximum absolute atomic E-state index is 13.8. The van der Waals surface area contributed by atoms with Gasteiger partial charge in [0, 0.05) is 5.56 Å². The van der Waals surface area contributed by atoms with Gasteiger partial charge in [-0.3, -0.25) is 9.69 Å². The van der Waals surface area contributed by atoms with Crippen LogP contribution in [-0.4, -0.2) is 16.8 Å². The molecule has 1 saturated heterocycles. The Hall–Kier alpha value is -2.83. The van der Waals surface area contributed by atoms with Gasteiger partial charge in [-0.15, -0.1) is 0 Å². The van der Waals surface area contributed by atoms with Crippen molar-refractivity contribution in [1.29, 1.82) is 0 Å². The molecule has 4 nitrogen and oxygen atoms in total. The predicted octanol–water partition coefficient (Wildman–Crippen LogP) is 3.07. The fraction of sp³-hybridized carbons (Fsp3) is 0.176. The summed E-state index contributed by atoms with van der Waals surface area (Å²) >= 11 is 0. The Labute approximate surface area is 135 Å². The van der Waals surface area contributed by atoms with Crippen LogP contribution >= 0.6 is 0 Å². The average Bonchev–Trinajstić information content (AvgIpc) is 2.76. The lowest BCUT2D eigenvalue weighted by molar-refractivity contribution is -0.131. The fourth-order valence-electron chi connectivity index (χ4n) is 2.66. The molecule has 0 radical (unpaired) electrons. The minimum absolute atomic E-state index is 0.109. The van der Waals surface area contributed by atoms with Crippen molar-refractivity contribution in [3.05, 3.63) is 71.0 Å². The Kier molecular flexibility index (Phi) is 3.79. The molecule has 2 aromatic rings. The van der Waals surface area contributed by atoms with E-state index in [0.717, 1.165) is 11.0 Å². The Bertz CT molecular complexity index is 823. The minimum atomic E-state index is -1.39. The first-order valence-corrected chi connectivity index (χ1v) is 7.16. The van der Waals surface area contributed by atoms with Gasteiger partial charge in [-0.05, 0) is 30.7 Å². The number of nitrogens with zero attached hydrogens (tertiary/aromatic N) is 1. The van der Waals surface area contributed by atoms with E-state index < -0.39 is 41.5 Å². The molecule has 1 aliphatic rings. The molecule has 0 spiro atoms. The van der Waals surface area contributed by atoms with E-state index >= 15 is 0 Å². The summed E-state index contributed by atoms with van der Waals surface area (Å²) in [5.41, 5.74) is -1.11. The molecule has 24 heavy (non-hydrogen) atoms. The van der Waals surface area contributed by atoms with E-state index in [4.69, 9.17) is 0 Å². The van der Waals surface area contributed by atoms with Crippen LogP contribution in [0.3, 0.4) is 0 Å². The van der Waals surface area contributed by atoms with Crippen LogP contribution < -0.4 is 5.32 Å². The SMILES string of the molecule is CC1(c2ccc(F)cc2)NC(=O)N(Cc2cccc(F)c2F)C1=O. The lowest BCUT2D eigenvalue weighted by atomic mass is 9.92. The van der Waals surface area contributed by atoms with Crippen LogP contribution in [-0.2, 0) is 16.9 Å². The number of hydrogen-bond acceptors (Lipinski definition) is 2. The molecule has 7 heteroatoms. The molecule has 1 heterocycles. The predicted molar refractivity (Wildman–Crippen MR) is 79.2 cm³/mol. The summed E-state index contributed by atoms with van der Waals surface area (Å²) in [6.45, 7) is 1.08. The average molecular weight is 334 g/mol. The van der Waals surface area contributed by atoms with Crippen LogP contribution in [0.5, 0.6) is 0 Å². The largest absolute Gasteiger partial charge is 0.325 e. The lowest BCUT2D eigenvalue weighted by Crippen LogP contribution is -2.40. The molecule has 3 amide bonds. The van der Waals surface area contributed by atoms with Gasteiger partial charge in [0.15, 0.2) is 11.6 Å². The van der Waals surface area contributed by atoms with Gasteiger partial charge in [0.1, 0.15) is 11.4 Å². The van der Waals surface area contributed by atoms with Gasteiger partial charge < -0.3 is 5.32 Å². The fourth-order valence-corrected chi connectivity index (χ4v) is 2.66. The molecule has 2 aromatic carbocycles. The second kappa shape index (κ2) is 5.67. The Morgan fingerprint density at radius 1 is 1.04 bits per heavy atom. The van der Waals surface area contributed by atoms with Crippen molar-refractivity contribution >= 4 is 11.9 Å². The normalized spacial score (nSPS) is 20.4. The highest BCUT2D eigenvalue weighted by Gasteiger charge is 2.49. The van der Waals surface area contributed by atoms with Gasteiger partial charge in [0.25, 0.3) is 5.91 Å². The highest BCUT2D eigenvalue weighted by molar-refractivity contribution is 6.07. The van der Waals surface area contributed by atoms with E-state index in [-0.39, 0.29) is 5.56 Å². The summed E-state index contributed by atoms with van der Waals surface area (Å²) in [6.07, 6.45) is 0. The van der Waals surface area contributed by atoms with Crippen molar-refractivity contribution < 1.29 is 22.8 Å². The first-order chi connectivity index (χ1) is 11.3. The molecule has 0 aliphatic carbocycles. The van der Waals surface area contributed by atoms with Crippen molar-refractivity contribution in [1.82, 2.24) is 10.2 Å². The maximum atomic E-state index is 13.8. The number of carbonyl (C=O) groups is 2. The van der Waals surface area contributed by atoms with Gasteiger partial charge >= 0.3 is 6.03 Å². The van der Waals surface area contributed by atoms with Gasteiger partial charge in [-0.25, -0.2) is 18.0 Å². The summed E-state index contributed by atoms with van der Waals surface area (Å²) in [4.78, 5) is 25.6. The van der Waals surface area contributed by atoms with Crippen LogP contribution in [0, 0.1) is 17.5 Å². The zero-order valence-electron chi connectivity index (χ0n) is 12.6. The van der Waals surface area contributed by atoms with Crippen molar-refractivity contribution in [2.24, 2.45) is 0 Å². The van der Waals surface area contributed by atoms with Gasteiger partial charge in [0.05, 0.1) is 6.54 Å². The number of urea groups is 1. The molecule has 0 bridgehead atoms. The van der Waals surface area contributed by atoms with Gasteiger partial charge in [0.2, 0.25) is 0 Å². The summed E-state index contributed by atoms with van der Waals surface area (Å²) in [5.74, 6) is -3.25. The molecule has 0 saturated carbocycles. The van der Waals surface area contributed by atoms with Crippen molar-refractivity contribution in [3.63, 3.8) is 0 Å². The zero-order valence-corrected chi connectivity index (χ0v) is 12.6. The summed E-state index contributed by atoms with van der Waals surface area (Å²) in [6, 6.07) is 7.95. The van der Waals surface area contributed by atoms with Crippen molar-refractivity contribution in [3.8, 4) is 0 Å². The molecular formula is C17H13F3N2O2. The zero-order chi connectivity index (χ0) is 17.5.